The molecule has 1 heterocycles. The van der Waals surface area contributed by atoms with Crippen LogP contribution in [0.15, 0.2) is 4.52 Å². The van der Waals surface area contributed by atoms with Crippen LogP contribution in [0.5, 0.6) is 0 Å². The zero-order valence-corrected chi connectivity index (χ0v) is 15.3. The first-order valence-electron chi connectivity index (χ1n) is 8.94. The smallest absolute Gasteiger partial charge is 0.296 e. The average molecular weight is 372 g/mol. The minimum absolute atomic E-state index is 0.183. The van der Waals surface area contributed by atoms with Crippen LogP contribution in [0.2, 0.25) is 0 Å². The molecule has 0 radical (unpaired) electrons. The van der Waals surface area contributed by atoms with Crippen molar-refractivity contribution in [3.05, 3.63) is 11.7 Å². The number of carbonyl (C=O) groups excluding carboxylic acids is 2. The Kier molecular flexibility index (Phi) is 6.44. The quantitative estimate of drug-likeness (QED) is 0.610. The van der Waals surface area contributed by atoms with Crippen LogP contribution in [0.25, 0.3) is 0 Å². The summed E-state index contributed by atoms with van der Waals surface area (Å²) in [6.07, 6.45) is 1.05. The van der Waals surface area contributed by atoms with Crippen LogP contribution in [0, 0.1) is 5.92 Å². The number of aromatic nitrogens is 2. The summed E-state index contributed by atoms with van der Waals surface area (Å²) in [6.45, 7) is 5.02. The average Bonchev–Trinajstić information content (AvgIpc) is 3.27. The molecule has 2 atom stereocenters. The van der Waals surface area contributed by atoms with Crippen molar-refractivity contribution in [3.8, 4) is 0 Å². The third kappa shape index (κ3) is 5.55. The van der Waals surface area contributed by atoms with Gasteiger partial charge in [0.2, 0.25) is 17.6 Å². The summed E-state index contributed by atoms with van der Waals surface area (Å²) in [5.74, 6) is -4.06. The molecule has 2 rings (SSSR count). The molecule has 7 nitrogen and oxygen atoms in total. The second-order valence-electron chi connectivity index (χ2n) is 7.33. The van der Waals surface area contributed by atoms with Gasteiger partial charge < -0.3 is 15.6 Å². The van der Waals surface area contributed by atoms with Crippen LogP contribution >= 0.6 is 0 Å². The molecule has 1 aliphatic rings. The van der Waals surface area contributed by atoms with Crippen molar-refractivity contribution in [1.29, 1.82) is 0 Å². The minimum atomic E-state index is -3.04. The largest absolute Gasteiger partial charge is 0.344 e. The normalized spacial score (nSPS) is 17.2. The van der Waals surface area contributed by atoms with Gasteiger partial charge in [-0.3, -0.25) is 9.59 Å². The molecule has 0 aromatic carbocycles. The van der Waals surface area contributed by atoms with Crippen LogP contribution in [0.3, 0.4) is 0 Å². The predicted molar refractivity (Wildman–Crippen MR) is 89.8 cm³/mol. The second-order valence-corrected chi connectivity index (χ2v) is 7.33. The maximum atomic E-state index is 13.9. The number of ketones is 1. The molecule has 1 fully saturated rings. The van der Waals surface area contributed by atoms with Gasteiger partial charge in [0.15, 0.2) is 5.82 Å². The Hall–Kier alpha value is -1.90. The lowest BCUT2D eigenvalue weighted by Gasteiger charge is -2.23. The molecule has 0 bridgehead atoms. The highest BCUT2D eigenvalue weighted by molar-refractivity contribution is 5.99. The molecule has 1 saturated carbocycles. The number of alkyl halides is 2. The molecule has 1 aromatic heterocycles. The van der Waals surface area contributed by atoms with Crippen LogP contribution in [0.1, 0.15) is 75.3 Å². The van der Waals surface area contributed by atoms with Crippen LogP contribution in [-0.4, -0.2) is 39.8 Å². The predicted octanol–water partition coefficient (Wildman–Crippen LogP) is 2.42. The molecule has 9 heteroatoms. The first-order chi connectivity index (χ1) is 12.1. The van der Waals surface area contributed by atoms with Crippen molar-refractivity contribution in [1.82, 2.24) is 15.5 Å². The van der Waals surface area contributed by atoms with Gasteiger partial charge >= 0.3 is 0 Å². The minimum Gasteiger partial charge on any atom is -0.344 e. The number of hydrogen-bond acceptors (Lipinski definition) is 6. The van der Waals surface area contributed by atoms with Crippen molar-refractivity contribution >= 4 is 11.7 Å². The van der Waals surface area contributed by atoms with Gasteiger partial charge in [0.1, 0.15) is 0 Å². The molecule has 0 saturated heterocycles. The SMILES string of the molecule is CCC(NC(=O)C(N)CC(F)(F)CC(C)C)C(=O)c1nc(C2CC2)no1. The van der Waals surface area contributed by atoms with Crippen molar-refractivity contribution in [2.75, 3.05) is 0 Å². The Morgan fingerprint density at radius 3 is 2.54 bits per heavy atom. The van der Waals surface area contributed by atoms with Gasteiger partial charge in [0, 0.05) is 18.8 Å². The lowest BCUT2D eigenvalue weighted by molar-refractivity contribution is -0.125. The van der Waals surface area contributed by atoms with E-state index in [2.05, 4.69) is 15.5 Å². The maximum Gasteiger partial charge on any atom is 0.296 e. The molecular formula is C17H26F2N4O3. The van der Waals surface area contributed by atoms with Crippen LogP contribution in [0.4, 0.5) is 8.78 Å². The molecule has 1 amide bonds. The number of amides is 1. The lowest BCUT2D eigenvalue weighted by Crippen LogP contribution is -2.50. The molecule has 2 unspecified atom stereocenters. The number of nitrogens with two attached hydrogens (primary N) is 1. The summed E-state index contributed by atoms with van der Waals surface area (Å²) in [5, 5.41) is 6.18. The van der Waals surface area contributed by atoms with Gasteiger partial charge in [0.25, 0.3) is 5.89 Å². The number of nitrogens with zero attached hydrogens (tertiary/aromatic N) is 2. The highest BCUT2D eigenvalue weighted by Crippen LogP contribution is 2.38. The zero-order valence-electron chi connectivity index (χ0n) is 15.3. The zero-order chi connectivity index (χ0) is 19.5. The van der Waals surface area contributed by atoms with E-state index in [1.165, 1.54) is 0 Å². The van der Waals surface area contributed by atoms with E-state index in [1.54, 1.807) is 20.8 Å². The lowest BCUT2D eigenvalue weighted by atomic mass is 9.98. The van der Waals surface area contributed by atoms with Crippen molar-refractivity contribution in [3.63, 3.8) is 0 Å². The van der Waals surface area contributed by atoms with Crippen LogP contribution < -0.4 is 11.1 Å². The van der Waals surface area contributed by atoms with E-state index < -0.39 is 36.1 Å². The van der Waals surface area contributed by atoms with E-state index in [4.69, 9.17) is 10.3 Å². The Bertz CT molecular complexity index is 644. The molecule has 3 N–H and O–H groups in total. The number of rotatable bonds is 10. The standard InChI is InChI=1S/C17H26F2N4O3/c1-4-12(13(24)16-22-14(23-26-16)10-5-6-10)21-15(25)11(20)8-17(18,19)7-9(2)3/h9-12H,4-8,20H2,1-3H3,(H,21,25). The number of carbonyl (C=O) groups is 2. The monoisotopic (exact) mass is 372 g/mol. The fourth-order valence-corrected chi connectivity index (χ4v) is 2.72. The topological polar surface area (TPSA) is 111 Å². The molecule has 0 spiro atoms. The van der Waals surface area contributed by atoms with Crippen molar-refractivity contribution in [2.24, 2.45) is 11.7 Å². The van der Waals surface area contributed by atoms with E-state index in [9.17, 15) is 18.4 Å². The van der Waals surface area contributed by atoms with E-state index >= 15 is 0 Å². The molecule has 26 heavy (non-hydrogen) atoms. The first-order valence-corrected chi connectivity index (χ1v) is 8.94. The first kappa shape index (κ1) is 20.4. The molecule has 1 aliphatic carbocycles. The van der Waals surface area contributed by atoms with Gasteiger partial charge in [-0.05, 0) is 25.2 Å². The van der Waals surface area contributed by atoms with E-state index in [0.29, 0.717) is 5.82 Å². The van der Waals surface area contributed by atoms with Gasteiger partial charge in [-0.25, -0.2) is 8.78 Å². The van der Waals surface area contributed by atoms with Gasteiger partial charge in [-0.15, -0.1) is 0 Å². The Morgan fingerprint density at radius 2 is 2.00 bits per heavy atom. The van der Waals surface area contributed by atoms with Crippen LogP contribution in [-0.2, 0) is 4.79 Å². The maximum absolute atomic E-state index is 13.9. The summed E-state index contributed by atoms with van der Waals surface area (Å²) in [7, 11) is 0. The van der Waals surface area contributed by atoms with Crippen molar-refractivity contribution < 1.29 is 22.9 Å². The summed E-state index contributed by atoms with van der Waals surface area (Å²) < 4.78 is 32.7. The molecule has 146 valence electrons. The number of nitrogens with one attached hydrogen (secondary N) is 1. The summed E-state index contributed by atoms with van der Waals surface area (Å²) in [4.78, 5) is 28.6. The number of Topliss-reactive ketones (excluding diaryl/α,β-unsaturated/α-hetero) is 1. The van der Waals surface area contributed by atoms with Gasteiger partial charge in [0.05, 0.1) is 12.1 Å². The summed E-state index contributed by atoms with van der Waals surface area (Å²) in [6, 6.07) is -2.35. The highest BCUT2D eigenvalue weighted by atomic mass is 19.3. The Balaban J connectivity index is 1.94. The van der Waals surface area contributed by atoms with Gasteiger partial charge in [-0.2, -0.15) is 4.98 Å². The van der Waals surface area contributed by atoms with E-state index in [-0.39, 0.29) is 30.6 Å². The Morgan fingerprint density at radius 1 is 1.35 bits per heavy atom. The van der Waals surface area contributed by atoms with E-state index in [0.717, 1.165) is 12.8 Å². The number of hydrogen-bond donors (Lipinski definition) is 2. The molecule has 0 aliphatic heterocycles. The summed E-state index contributed by atoms with van der Waals surface area (Å²) >= 11 is 0. The summed E-state index contributed by atoms with van der Waals surface area (Å²) in [5.41, 5.74) is 5.62. The molecular weight excluding hydrogens is 346 g/mol. The molecule has 1 aromatic rings. The highest BCUT2D eigenvalue weighted by Gasteiger charge is 2.36. The Labute approximate surface area is 151 Å². The fraction of sp³-hybridized carbons (Fsp3) is 0.765. The van der Waals surface area contributed by atoms with Crippen molar-refractivity contribution in [2.45, 2.75) is 76.8 Å². The second kappa shape index (κ2) is 8.20. The number of halogens is 2. The third-order valence-corrected chi connectivity index (χ3v) is 4.20. The van der Waals surface area contributed by atoms with E-state index in [1.807, 2.05) is 0 Å². The fourth-order valence-electron chi connectivity index (χ4n) is 2.72. The van der Waals surface area contributed by atoms with Gasteiger partial charge in [-0.1, -0.05) is 25.9 Å². The third-order valence-electron chi connectivity index (χ3n) is 4.20.